The molecule has 0 saturated heterocycles. The third-order valence-corrected chi connectivity index (χ3v) is 4.02. The molecule has 0 aliphatic carbocycles. The van der Waals surface area contributed by atoms with Crippen molar-refractivity contribution in [3.63, 3.8) is 0 Å². The Morgan fingerprint density at radius 2 is 1.61 bits per heavy atom. The van der Waals surface area contributed by atoms with E-state index in [4.69, 9.17) is 0 Å². The van der Waals surface area contributed by atoms with Crippen molar-refractivity contribution in [3.05, 3.63) is 93.5 Å². The molecular formula is C18H11BrFNO2. The molecule has 1 aromatic heterocycles. The number of hydrogen-bond donors (Lipinski definition) is 0. The fraction of sp³-hybridized carbons (Fsp3) is 0. The fourth-order valence-electron chi connectivity index (χ4n) is 2.32. The zero-order chi connectivity index (χ0) is 16.4. The second-order valence-electron chi connectivity index (χ2n) is 4.91. The predicted molar refractivity (Wildman–Crippen MR) is 88.4 cm³/mol. The Bertz CT molecular complexity index is 864. The maximum absolute atomic E-state index is 13.1. The van der Waals surface area contributed by atoms with Crippen molar-refractivity contribution in [2.24, 2.45) is 0 Å². The first kappa shape index (κ1) is 15.4. The van der Waals surface area contributed by atoms with Crippen LogP contribution in [0.3, 0.4) is 0 Å². The van der Waals surface area contributed by atoms with Crippen molar-refractivity contribution < 1.29 is 13.9 Å². The predicted octanol–water partition coefficient (Wildman–Crippen LogP) is 4.12. The number of halogens is 2. The third kappa shape index (κ3) is 3.00. The summed E-state index contributed by atoms with van der Waals surface area (Å²) in [6.45, 7) is 0. The minimum absolute atomic E-state index is 0.188. The average Bonchev–Trinajstić information content (AvgIpc) is 2.58. The molecule has 0 amide bonds. The number of nitrogens with zero attached hydrogens (tertiary/aromatic N) is 1. The van der Waals surface area contributed by atoms with Crippen molar-refractivity contribution in [1.29, 1.82) is 0 Å². The average molecular weight is 372 g/mol. The highest BCUT2D eigenvalue weighted by molar-refractivity contribution is 9.10. The molecule has 3 rings (SSSR count). The molecule has 3 aromatic rings. The molecule has 0 spiro atoms. The van der Waals surface area contributed by atoms with E-state index in [1.54, 1.807) is 30.3 Å². The van der Waals surface area contributed by atoms with Crippen molar-refractivity contribution in [2.45, 2.75) is 0 Å². The zero-order valence-corrected chi connectivity index (χ0v) is 13.5. The van der Waals surface area contributed by atoms with Gasteiger partial charge < -0.3 is 5.21 Å². The lowest BCUT2D eigenvalue weighted by molar-refractivity contribution is -0.605. The summed E-state index contributed by atoms with van der Waals surface area (Å²) in [6, 6.07) is 17.3. The monoisotopic (exact) mass is 371 g/mol. The van der Waals surface area contributed by atoms with E-state index in [0.717, 1.165) is 0 Å². The molecule has 1 heterocycles. The van der Waals surface area contributed by atoms with Crippen LogP contribution < -0.4 is 4.73 Å². The van der Waals surface area contributed by atoms with E-state index in [2.05, 4.69) is 15.9 Å². The molecule has 0 aliphatic heterocycles. The summed E-state index contributed by atoms with van der Waals surface area (Å²) in [5.41, 5.74) is 1.41. The Morgan fingerprint density at radius 3 is 2.26 bits per heavy atom. The molecule has 0 fully saturated rings. The molecule has 114 valence electrons. The quantitative estimate of drug-likeness (QED) is 0.301. The van der Waals surface area contributed by atoms with Gasteiger partial charge in [-0.25, -0.2) is 4.39 Å². The van der Waals surface area contributed by atoms with E-state index in [1.165, 1.54) is 30.3 Å². The molecule has 0 radical (unpaired) electrons. The maximum atomic E-state index is 13.1. The van der Waals surface area contributed by atoms with Gasteiger partial charge in [0.2, 0.25) is 5.69 Å². The standard InChI is InChI=1S/C18H11BrFNO2/c19-16-11-10-15(18(22)13-4-2-1-3-5-13)17(21(16)23)12-6-8-14(20)9-7-12/h1-11H. The van der Waals surface area contributed by atoms with Crippen molar-refractivity contribution in [3.8, 4) is 11.3 Å². The van der Waals surface area contributed by atoms with Gasteiger partial charge in [-0.2, -0.15) is 4.73 Å². The lowest BCUT2D eigenvalue weighted by Crippen LogP contribution is -2.33. The maximum Gasteiger partial charge on any atom is 0.259 e. The summed E-state index contributed by atoms with van der Waals surface area (Å²) in [7, 11) is 0. The van der Waals surface area contributed by atoms with Crippen LogP contribution in [-0.2, 0) is 0 Å². The Morgan fingerprint density at radius 1 is 0.957 bits per heavy atom. The SMILES string of the molecule is O=C(c1ccccc1)c1ccc(Br)[n+]([O-])c1-c1ccc(F)cc1. The first-order valence-electron chi connectivity index (χ1n) is 6.85. The summed E-state index contributed by atoms with van der Waals surface area (Å²) < 4.78 is 14.1. The van der Waals surface area contributed by atoms with E-state index in [9.17, 15) is 14.4 Å². The van der Waals surface area contributed by atoms with Crippen molar-refractivity contribution >= 4 is 21.7 Å². The first-order chi connectivity index (χ1) is 11.1. The van der Waals surface area contributed by atoms with Crippen molar-refractivity contribution in [2.75, 3.05) is 0 Å². The van der Waals surface area contributed by atoms with Gasteiger partial charge in [0.1, 0.15) is 5.82 Å². The van der Waals surface area contributed by atoms with Gasteiger partial charge in [-0.3, -0.25) is 4.79 Å². The van der Waals surface area contributed by atoms with Gasteiger partial charge in [-0.15, -0.1) is 0 Å². The van der Waals surface area contributed by atoms with Crippen LogP contribution in [0.1, 0.15) is 15.9 Å². The highest BCUT2D eigenvalue weighted by Gasteiger charge is 2.23. The van der Waals surface area contributed by atoms with E-state index < -0.39 is 5.82 Å². The molecule has 0 unspecified atom stereocenters. The molecular weight excluding hydrogens is 361 g/mol. The number of pyridine rings is 1. The van der Waals surface area contributed by atoms with E-state index in [1.807, 2.05) is 6.07 Å². The number of benzene rings is 2. The molecule has 23 heavy (non-hydrogen) atoms. The number of carbonyl (C=O) groups excluding carboxylic acids is 1. The zero-order valence-electron chi connectivity index (χ0n) is 11.9. The van der Waals surface area contributed by atoms with Crippen LogP contribution in [-0.4, -0.2) is 5.78 Å². The Labute approximate surface area is 140 Å². The van der Waals surface area contributed by atoms with Gasteiger partial charge in [-0.05, 0) is 30.3 Å². The smallest absolute Gasteiger partial charge is 0.259 e. The summed E-state index contributed by atoms with van der Waals surface area (Å²) in [5.74, 6) is -0.667. The summed E-state index contributed by atoms with van der Waals surface area (Å²) in [4.78, 5) is 12.7. The highest BCUT2D eigenvalue weighted by atomic mass is 79.9. The first-order valence-corrected chi connectivity index (χ1v) is 7.65. The molecule has 5 heteroatoms. The minimum Gasteiger partial charge on any atom is -0.617 e. The lowest BCUT2D eigenvalue weighted by atomic mass is 9.98. The normalized spacial score (nSPS) is 10.5. The molecule has 0 saturated carbocycles. The van der Waals surface area contributed by atoms with Crippen LogP contribution in [0.25, 0.3) is 11.3 Å². The Kier molecular flexibility index (Phi) is 4.21. The van der Waals surface area contributed by atoms with E-state index in [-0.39, 0.29) is 21.6 Å². The Hall–Kier alpha value is -2.53. The van der Waals surface area contributed by atoms with Gasteiger partial charge in [0.15, 0.2) is 5.78 Å². The molecule has 0 bridgehead atoms. The number of aromatic nitrogens is 1. The van der Waals surface area contributed by atoms with E-state index in [0.29, 0.717) is 15.9 Å². The van der Waals surface area contributed by atoms with Gasteiger partial charge in [0.05, 0.1) is 5.56 Å². The highest BCUT2D eigenvalue weighted by Crippen LogP contribution is 2.24. The number of ketones is 1. The molecule has 0 N–H and O–H groups in total. The van der Waals surface area contributed by atoms with Crippen LogP contribution in [0.15, 0.2) is 71.3 Å². The lowest BCUT2D eigenvalue weighted by Gasteiger charge is -2.11. The van der Waals surface area contributed by atoms with Crippen LogP contribution >= 0.6 is 15.9 Å². The second-order valence-corrected chi connectivity index (χ2v) is 5.73. The van der Waals surface area contributed by atoms with Gasteiger partial charge in [0, 0.05) is 33.1 Å². The van der Waals surface area contributed by atoms with Crippen LogP contribution in [0, 0.1) is 11.0 Å². The van der Waals surface area contributed by atoms with Crippen molar-refractivity contribution in [1.82, 2.24) is 0 Å². The number of carbonyl (C=O) groups is 1. The van der Waals surface area contributed by atoms with Gasteiger partial charge in [-0.1, -0.05) is 30.3 Å². The van der Waals surface area contributed by atoms with Crippen LogP contribution in [0.2, 0.25) is 0 Å². The fourth-order valence-corrected chi connectivity index (χ4v) is 2.63. The largest absolute Gasteiger partial charge is 0.617 e. The van der Waals surface area contributed by atoms with Crippen LogP contribution in [0.4, 0.5) is 4.39 Å². The second kappa shape index (κ2) is 6.30. The number of rotatable bonds is 3. The molecule has 3 nitrogen and oxygen atoms in total. The van der Waals surface area contributed by atoms with E-state index >= 15 is 0 Å². The summed E-state index contributed by atoms with van der Waals surface area (Å²) in [6.07, 6.45) is 0. The Balaban J connectivity index is 2.20. The molecule has 0 atom stereocenters. The third-order valence-electron chi connectivity index (χ3n) is 3.44. The van der Waals surface area contributed by atoms with Crippen LogP contribution in [0.5, 0.6) is 0 Å². The van der Waals surface area contributed by atoms with Gasteiger partial charge >= 0.3 is 0 Å². The summed E-state index contributed by atoms with van der Waals surface area (Å²) in [5, 5.41) is 12.4. The summed E-state index contributed by atoms with van der Waals surface area (Å²) >= 11 is 3.16. The molecule has 2 aromatic carbocycles. The number of hydrogen-bond acceptors (Lipinski definition) is 2. The molecule has 0 aliphatic rings. The minimum atomic E-state index is -0.405. The van der Waals surface area contributed by atoms with Gasteiger partial charge in [0.25, 0.3) is 4.60 Å². The topological polar surface area (TPSA) is 44.0 Å².